The van der Waals surface area contributed by atoms with E-state index in [4.69, 9.17) is 18.0 Å². The highest BCUT2D eigenvalue weighted by Gasteiger charge is 2.17. The molecule has 0 aliphatic heterocycles. The molecule has 100 valence electrons. The van der Waals surface area contributed by atoms with Crippen LogP contribution >= 0.6 is 12.2 Å². The maximum atomic E-state index is 12.1. The smallest absolute Gasteiger partial charge is 0.240 e. The molecule has 0 aliphatic carbocycles. The maximum Gasteiger partial charge on any atom is 0.240 e. The summed E-state index contributed by atoms with van der Waals surface area (Å²) in [4.78, 5) is 0.420. The average Bonchev–Trinajstić information content (AvgIpc) is 2.26. The molecule has 1 aromatic rings. The minimum absolute atomic E-state index is 0.190. The van der Waals surface area contributed by atoms with Crippen molar-refractivity contribution in [3.8, 4) is 0 Å². The molecule has 0 saturated carbocycles. The molecule has 3 N–H and O–H groups in total. The SMILES string of the molecule is Cc1ccc(C(N)=S)cc1S(=O)(=O)NCC(C)C. The van der Waals surface area contributed by atoms with Crippen LogP contribution in [-0.4, -0.2) is 20.0 Å². The molecule has 0 unspecified atom stereocenters. The van der Waals surface area contributed by atoms with Gasteiger partial charge in [-0.3, -0.25) is 0 Å². The lowest BCUT2D eigenvalue weighted by molar-refractivity contribution is 0.559. The molecule has 0 aromatic heterocycles. The molecule has 18 heavy (non-hydrogen) atoms. The van der Waals surface area contributed by atoms with Crippen LogP contribution in [0, 0.1) is 12.8 Å². The first-order valence-electron chi connectivity index (χ1n) is 5.64. The van der Waals surface area contributed by atoms with Gasteiger partial charge in [0, 0.05) is 12.1 Å². The quantitative estimate of drug-likeness (QED) is 0.806. The molecule has 1 aromatic carbocycles. The Labute approximate surface area is 114 Å². The minimum atomic E-state index is -3.51. The van der Waals surface area contributed by atoms with Crippen LogP contribution in [0.4, 0.5) is 0 Å². The molecular weight excluding hydrogens is 268 g/mol. The zero-order valence-corrected chi connectivity index (χ0v) is 12.4. The van der Waals surface area contributed by atoms with E-state index in [2.05, 4.69) is 4.72 Å². The normalized spacial score (nSPS) is 11.8. The Hall–Kier alpha value is -0.980. The van der Waals surface area contributed by atoms with Gasteiger partial charge in [-0.1, -0.05) is 38.2 Å². The predicted octanol–water partition coefficient (Wildman–Crippen LogP) is 1.56. The van der Waals surface area contributed by atoms with Crippen LogP contribution < -0.4 is 10.5 Å². The fourth-order valence-electron chi connectivity index (χ4n) is 1.40. The Balaban J connectivity index is 3.15. The zero-order chi connectivity index (χ0) is 13.9. The van der Waals surface area contributed by atoms with Crippen LogP contribution in [0.2, 0.25) is 0 Å². The highest BCUT2D eigenvalue weighted by atomic mass is 32.2. The van der Waals surface area contributed by atoms with Crippen molar-refractivity contribution >= 4 is 27.2 Å². The molecule has 0 atom stereocenters. The molecule has 0 saturated heterocycles. The summed E-state index contributed by atoms with van der Waals surface area (Å²) in [6.45, 7) is 6.04. The number of aryl methyl sites for hydroxylation is 1. The summed E-state index contributed by atoms with van der Waals surface area (Å²) in [5.74, 6) is 0.249. The van der Waals surface area contributed by atoms with E-state index in [-0.39, 0.29) is 15.8 Å². The summed E-state index contributed by atoms with van der Waals surface area (Å²) < 4.78 is 26.8. The van der Waals surface area contributed by atoms with Crippen molar-refractivity contribution < 1.29 is 8.42 Å². The fraction of sp³-hybridized carbons (Fsp3) is 0.417. The molecule has 6 heteroatoms. The van der Waals surface area contributed by atoms with Crippen LogP contribution in [0.5, 0.6) is 0 Å². The van der Waals surface area contributed by atoms with E-state index in [9.17, 15) is 8.42 Å². The van der Waals surface area contributed by atoms with Crippen LogP contribution in [0.1, 0.15) is 25.0 Å². The number of thiocarbonyl (C=S) groups is 1. The van der Waals surface area contributed by atoms with Gasteiger partial charge in [0.05, 0.1) is 4.90 Å². The lowest BCUT2D eigenvalue weighted by Crippen LogP contribution is -2.28. The summed E-state index contributed by atoms with van der Waals surface area (Å²) in [5, 5.41) is 0. The van der Waals surface area contributed by atoms with Crippen LogP contribution in [-0.2, 0) is 10.0 Å². The summed E-state index contributed by atoms with van der Waals surface area (Å²) >= 11 is 4.86. The van der Waals surface area contributed by atoms with E-state index < -0.39 is 10.0 Å². The Morgan fingerprint density at radius 1 is 1.44 bits per heavy atom. The van der Waals surface area contributed by atoms with Crippen molar-refractivity contribution in [2.24, 2.45) is 11.7 Å². The van der Waals surface area contributed by atoms with E-state index in [1.165, 1.54) is 6.07 Å². The Morgan fingerprint density at radius 3 is 2.56 bits per heavy atom. The molecule has 1 rings (SSSR count). The maximum absolute atomic E-state index is 12.1. The van der Waals surface area contributed by atoms with Crippen molar-refractivity contribution in [2.45, 2.75) is 25.7 Å². The first kappa shape index (κ1) is 15.1. The lowest BCUT2D eigenvalue weighted by Gasteiger charge is -2.12. The van der Waals surface area contributed by atoms with Crippen molar-refractivity contribution in [1.29, 1.82) is 0 Å². The van der Waals surface area contributed by atoms with Gasteiger partial charge in [-0.25, -0.2) is 13.1 Å². The average molecular weight is 286 g/mol. The predicted molar refractivity (Wildman–Crippen MR) is 77.1 cm³/mol. The zero-order valence-electron chi connectivity index (χ0n) is 10.7. The highest BCUT2D eigenvalue weighted by Crippen LogP contribution is 2.17. The van der Waals surface area contributed by atoms with E-state index in [1.54, 1.807) is 19.1 Å². The van der Waals surface area contributed by atoms with Crippen LogP contribution in [0.3, 0.4) is 0 Å². The van der Waals surface area contributed by atoms with Gasteiger partial charge in [0.2, 0.25) is 10.0 Å². The third kappa shape index (κ3) is 3.76. The fourth-order valence-corrected chi connectivity index (χ4v) is 3.01. The second kappa shape index (κ2) is 5.77. The van der Waals surface area contributed by atoms with Crippen molar-refractivity contribution in [2.75, 3.05) is 6.54 Å². The van der Waals surface area contributed by atoms with E-state index >= 15 is 0 Å². The Kier molecular flexibility index (Phi) is 4.84. The number of benzene rings is 1. The first-order chi connectivity index (χ1) is 8.24. The van der Waals surface area contributed by atoms with Crippen LogP contribution in [0.15, 0.2) is 23.1 Å². The van der Waals surface area contributed by atoms with Gasteiger partial charge in [-0.05, 0) is 24.5 Å². The second-order valence-electron chi connectivity index (χ2n) is 4.59. The van der Waals surface area contributed by atoms with Gasteiger partial charge in [-0.2, -0.15) is 0 Å². The summed E-state index contributed by atoms with van der Waals surface area (Å²) in [7, 11) is -3.51. The second-order valence-corrected chi connectivity index (χ2v) is 6.77. The van der Waals surface area contributed by atoms with Crippen molar-refractivity contribution in [3.63, 3.8) is 0 Å². The topological polar surface area (TPSA) is 72.2 Å². The number of sulfonamides is 1. The Bertz CT molecular complexity index is 551. The number of nitrogens with two attached hydrogens (primary N) is 1. The third-order valence-corrected chi connectivity index (χ3v) is 4.25. The van der Waals surface area contributed by atoms with Gasteiger partial charge in [0.25, 0.3) is 0 Å². The summed E-state index contributed by atoms with van der Waals surface area (Å²) in [6, 6.07) is 4.94. The molecule has 0 aliphatic rings. The molecule has 0 bridgehead atoms. The monoisotopic (exact) mass is 286 g/mol. The number of nitrogens with one attached hydrogen (secondary N) is 1. The van der Waals surface area contributed by atoms with Gasteiger partial charge in [0.1, 0.15) is 4.99 Å². The lowest BCUT2D eigenvalue weighted by atomic mass is 10.1. The minimum Gasteiger partial charge on any atom is -0.389 e. The van der Waals surface area contributed by atoms with Gasteiger partial charge < -0.3 is 5.73 Å². The number of hydrogen-bond acceptors (Lipinski definition) is 3. The van der Waals surface area contributed by atoms with E-state index in [0.717, 1.165) is 0 Å². The third-order valence-electron chi connectivity index (χ3n) is 2.44. The molecule has 0 heterocycles. The molecule has 0 fully saturated rings. The molecular formula is C12H18N2O2S2. The van der Waals surface area contributed by atoms with E-state index in [1.807, 2.05) is 13.8 Å². The van der Waals surface area contributed by atoms with Gasteiger partial charge >= 0.3 is 0 Å². The highest BCUT2D eigenvalue weighted by molar-refractivity contribution is 7.89. The van der Waals surface area contributed by atoms with E-state index in [0.29, 0.717) is 17.7 Å². The molecule has 0 spiro atoms. The van der Waals surface area contributed by atoms with Crippen LogP contribution in [0.25, 0.3) is 0 Å². The number of hydrogen-bond donors (Lipinski definition) is 2. The summed E-state index contributed by atoms with van der Waals surface area (Å²) in [6.07, 6.45) is 0. The van der Waals surface area contributed by atoms with Gasteiger partial charge in [0.15, 0.2) is 0 Å². The van der Waals surface area contributed by atoms with Crippen molar-refractivity contribution in [1.82, 2.24) is 4.72 Å². The van der Waals surface area contributed by atoms with Gasteiger partial charge in [-0.15, -0.1) is 0 Å². The summed E-state index contributed by atoms with van der Waals surface area (Å²) in [5.41, 5.74) is 6.74. The number of rotatable bonds is 5. The largest absolute Gasteiger partial charge is 0.389 e. The first-order valence-corrected chi connectivity index (χ1v) is 7.53. The molecule has 0 radical (unpaired) electrons. The molecule has 0 amide bonds. The molecule has 4 nitrogen and oxygen atoms in total. The van der Waals surface area contributed by atoms with Crippen molar-refractivity contribution in [3.05, 3.63) is 29.3 Å². The standard InChI is InChI=1S/C12H18N2O2S2/c1-8(2)7-14-18(15,16)11-6-10(12(13)17)5-4-9(11)3/h4-6,8,14H,7H2,1-3H3,(H2,13,17). The Morgan fingerprint density at radius 2 is 2.06 bits per heavy atom.